The maximum Gasteiger partial charge on any atom is 0.238 e. The highest BCUT2D eigenvalue weighted by Gasteiger charge is 2.47. The molecule has 4 atom stereocenters. The van der Waals surface area contributed by atoms with Crippen LogP contribution in [0.15, 0.2) is 6.33 Å². The summed E-state index contributed by atoms with van der Waals surface area (Å²) in [6, 6.07) is 0.328. The average molecular weight is 427 g/mol. The molecule has 1 aliphatic carbocycles. The van der Waals surface area contributed by atoms with Crippen LogP contribution in [0.1, 0.15) is 31.1 Å². The van der Waals surface area contributed by atoms with Crippen LogP contribution in [-0.4, -0.2) is 78.1 Å². The number of aromatic nitrogens is 4. The van der Waals surface area contributed by atoms with E-state index in [1.54, 1.807) is 25.0 Å². The van der Waals surface area contributed by atoms with Gasteiger partial charge in [-0.1, -0.05) is 12.8 Å². The summed E-state index contributed by atoms with van der Waals surface area (Å²) >= 11 is 7.34. The van der Waals surface area contributed by atoms with Crippen molar-refractivity contribution in [1.29, 1.82) is 0 Å². The lowest BCUT2D eigenvalue weighted by atomic mass is 10.1. The van der Waals surface area contributed by atoms with Crippen molar-refractivity contribution in [1.82, 2.24) is 24.4 Å². The second-order valence-corrected chi connectivity index (χ2v) is 9.05. The second-order valence-electron chi connectivity index (χ2n) is 7.45. The minimum absolute atomic E-state index is 0.0775. The zero-order valence-electron chi connectivity index (χ0n) is 15.6. The van der Waals surface area contributed by atoms with E-state index >= 15 is 0 Å². The van der Waals surface area contributed by atoms with Gasteiger partial charge in [0.25, 0.3) is 0 Å². The minimum atomic E-state index is -1.18. The lowest BCUT2D eigenvalue weighted by Crippen LogP contribution is -2.40. The molecule has 0 aromatic carbocycles. The highest BCUT2D eigenvalue weighted by Crippen LogP contribution is 2.44. The number of imidazole rings is 1. The SMILES string of the molecule is CN(C)C(=O)[C@H]1S[C@@H](n2cnc3c(NC4CCCC4)nc(Cl)nc32)[C@H](O)[C@@H]1O. The summed E-state index contributed by atoms with van der Waals surface area (Å²) in [7, 11) is 3.24. The first-order valence-electron chi connectivity index (χ1n) is 9.26. The van der Waals surface area contributed by atoms with Crippen molar-refractivity contribution in [3.63, 3.8) is 0 Å². The lowest BCUT2D eigenvalue weighted by Gasteiger charge is -2.18. The number of aliphatic hydroxyl groups excluding tert-OH is 2. The Bertz CT molecular complexity index is 887. The number of halogens is 1. The number of amides is 1. The molecule has 1 saturated carbocycles. The van der Waals surface area contributed by atoms with Crippen LogP contribution in [0.3, 0.4) is 0 Å². The van der Waals surface area contributed by atoms with Crippen LogP contribution in [0.2, 0.25) is 5.28 Å². The number of fused-ring (bicyclic) bond motifs is 1. The van der Waals surface area contributed by atoms with E-state index in [2.05, 4.69) is 20.3 Å². The van der Waals surface area contributed by atoms with E-state index in [4.69, 9.17) is 11.6 Å². The van der Waals surface area contributed by atoms with Gasteiger partial charge in [0.05, 0.1) is 6.33 Å². The van der Waals surface area contributed by atoms with Crippen LogP contribution in [-0.2, 0) is 4.79 Å². The molecule has 11 heteroatoms. The third-order valence-electron chi connectivity index (χ3n) is 5.29. The molecule has 2 aromatic heterocycles. The fourth-order valence-electron chi connectivity index (χ4n) is 3.79. The van der Waals surface area contributed by atoms with Crippen molar-refractivity contribution in [2.75, 3.05) is 19.4 Å². The van der Waals surface area contributed by atoms with Crippen molar-refractivity contribution < 1.29 is 15.0 Å². The van der Waals surface area contributed by atoms with Gasteiger partial charge in [0.2, 0.25) is 11.2 Å². The maximum atomic E-state index is 12.3. The highest BCUT2D eigenvalue weighted by molar-refractivity contribution is 8.01. The van der Waals surface area contributed by atoms with E-state index < -0.39 is 22.8 Å². The number of carbonyl (C=O) groups excluding carboxylic acids is 1. The van der Waals surface area contributed by atoms with Crippen LogP contribution in [0.25, 0.3) is 11.2 Å². The summed E-state index contributed by atoms with van der Waals surface area (Å²) in [6.45, 7) is 0. The summed E-state index contributed by atoms with van der Waals surface area (Å²) in [5, 5.41) is 23.1. The molecule has 4 rings (SSSR count). The van der Waals surface area contributed by atoms with Crippen LogP contribution in [0.4, 0.5) is 5.82 Å². The van der Waals surface area contributed by atoms with Gasteiger partial charge in [-0.15, -0.1) is 11.8 Å². The molecule has 0 radical (unpaired) electrons. The first kappa shape index (κ1) is 19.7. The van der Waals surface area contributed by atoms with Crippen molar-refractivity contribution in [2.45, 2.75) is 54.6 Å². The fourth-order valence-corrected chi connectivity index (χ4v) is 5.51. The predicted molar refractivity (Wildman–Crippen MR) is 107 cm³/mol. The molecule has 28 heavy (non-hydrogen) atoms. The normalized spacial score (nSPS) is 28.2. The predicted octanol–water partition coefficient (Wildman–Crippen LogP) is 1.26. The molecule has 3 N–H and O–H groups in total. The summed E-state index contributed by atoms with van der Waals surface area (Å²) in [5.41, 5.74) is 1.02. The quantitative estimate of drug-likeness (QED) is 0.625. The Balaban J connectivity index is 1.67. The summed E-state index contributed by atoms with van der Waals surface area (Å²) in [6.07, 6.45) is 3.72. The first-order chi connectivity index (χ1) is 13.4. The number of carbonyl (C=O) groups is 1. The summed E-state index contributed by atoms with van der Waals surface area (Å²) in [4.78, 5) is 26.8. The number of nitrogens with one attached hydrogen (secondary N) is 1. The van der Waals surface area contributed by atoms with Crippen molar-refractivity contribution >= 4 is 46.3 Å². The molecule has 9 nitrogen and oxygen atoms in total. The third-order valence-corrected chi connectivity index (χ3v) is 7.01. The number of nitrogens with zero attached hydrogens (tertiary/aromatic N) is 5. The molecule has 0 bridgehead atoms. The molecular formula is C17H23ClN6O3S. The largest absolute Gasteiger partial charge is 0.389 e. The van der Waals surface area contributed by atoms with Crippen LogP contribution in [0.5, 0.6) is 0 Å². The van der Waals surface area contributed by atoms with E-state index in [9.17, 15) is 15.0 Å². The minimum Gasteiger partial charge on any atom is -0.389 e. The van der Waals surface area contributed by atoms with E-state index in [1.165, 1.54) is 29.5 Å². The van der Waals surface area contributed by atoms with Gasteiger partial charge in [0.15, 0.2) is 17.0 Å². The molecule has 152 valence electrons. The van der Waals surface area contributed by atoms with Gasteiger partial charge in [-0.05, 0) is 24.4 Å². The standard InChI is InChI=1S/C17H23ClN6O3S/c1-23(2)15(27)12-10(25)11(26)16(28-12)24-7-19-9-13(20-8-5-3-4-6-8)21-17(18)22-14(9)24/h7-8,10-12,16,25-26H,3-6H2,1-2H3,(H,20,21,22)/t10-,11+,12-,16+/m0/s1. The summed E-state index contributed by atoms with van der Waals surface area (Å²) < 4.78 is 1.66. The number of aliphatic hydroxyl groups is 2. The van der Waals surface area contributed by atoms with E-state index in [1.807, 2.05) is 0 Å². The molecule has 2 aliphatic rings. The highest BCUT2D eigenvalue weighted by atomic mass is 35.5. The maximum absolute atomic E-state index is 12.3. The fraction of sp³-hybridized carbons (Fsp3) is 0.647. The molecule has 1 amide bonds. The van der Waals surface area contributed by atoms with Gasteiger partial charge in [0.1, 0.15) is 22.8 Å². The molecule has 1 saturated heterocycles. The molecule has 0 spiro atoms. The topological polar surface area (TPSA) is 116 Å². The van der Waals surface area contributed by atoms with Crippen molar-refractivity contribution in [3.8, 4) is 0 Å². The van der Waals surface area contributed by atoms with E-state index in [-0.39, 0.29) is 11.2 Å². The number of hydrogen-bond acceptors (Lipinski definition) is 8. The van der Waals surface area contributed by atoms with Crippen molar-refractivity contribution in [2.24, 2.45) is 0 Å². The Labute approximate surface area is 171 Å². The third kappa shape index (κ3) is 3.42. The molecule has 3 heterocycles. The zero-order valence-corrected chi connectivity index (χ0v) is 17.2. The van der Waals surface area contributed by atoms with Gasteiger partial charge in [-0.2, -0.15) is 9.97 Å². The monoisotopic (exact) mass is 426 g/mol. The van der Waals surface area contributed by atoms with Gasteiger partial charge in [-0.25, -0.2) is 4.98 Å². The Kier molecular flexibility index (Phi) is 5.38. The Morgan fingerprint density at radius 2 is 2.00 bits per heavy atom. The average Bonchev–Trinajstić information content (AvgIpc) is 3.36. The zero-order chi connectivity index (χ0) is 20.0. The Morgan fingerprint density at radius 1 is 1.29 bits per heavy atom. The van der Waals surface area contributed by atoms with Crippen LogP contribution in [0, 0.1) is 0 Å². The van der Waals surface area contributed by atoms with Gasteiger partial charge >= 0.3 is 0 Å². The molecule has 2 fully saturated rings. The number of rotatable bonds is 4. The van der Waals surface area contributed by atoms with E-state index in [0.717, 1.165) is 12.8 Å². The van der Waals surface area contributed by atoms with Gasteiger partial charge in [-0.3, -0.25) is 9.36 Å². The van der Waals surface area contributed by atoms with Gasteiger partial charge in [0, 0.05) is 20.1 Å². The number of thioether (sulfide) groups is 1. The van der Waals surface area contributed by atoms with Crippen LogP contribution >= 0.6 is 23.4 Å². The molecular weight excluding hydrogens is 404 g/mol. The molecule has 0 unspecified atom stereocenters. The smallest absolute Gasteiger partial charge is 0.238 e. The lowest BCUT2D eigenvalue weighted by molar-refractivity contribution is -0.131. The number of anilines is 1. The second kappa shape index (κ2) is 7.66. The summed E-state index contributed by atoms with van der Waals surface area (Å²) in [5.74, 6) is 0.319. The first-order valence-corrected chi connectivity index (χ1v) is 10.6. The Hall–Kier alpha value is -1.62. The molecule has 1 aliphatic heterocycles. The number of hydrogen-bond donors (Lipinski definition) is 3. The van der Waals surface area contributed by atoms with E-state index in [0.29, 0.717) is 23.0 Å². The Morgan fingerprint density at radius 3 is 2.68 bits per heavy atom. The molecule has 2 aromatic rings. The van der Waals surface area contributed by atoms with Crippen molar-refractivity contribution in [3.05, 3.63) is 11.6 Å². The van der Waals surface area contributed by atoms with Crippen LogP contribution < -0.4 is 5.32 Å². The van der Waals surface area contributed by atoms with Gasteiger partial charge < -0.3 is 20.4 Å².